The van der Waals surface area contributed by atoms with Crippen LogP contribution in [0.3, 0.4) is 0 Å². The zero-order chi connectivity index (χ0) is 15.4. The molecule has 6 nitrogen and oxygen atoms in total. The Morgan fingerprint density at radius 2 is 2.00 bits per heavy atom. The van der Waals surface area contributed by atoms with E-state index in [0.717, 1.165) is 31.2 Å². The summed E-state index contributed by atoms with van der Waals surface area (Å²) in [6, 6.07) is 0.792. The van der Waals surface area contributed by atoms with Crippen LogP contribution >= 0.6 is 0 Å². The van der Waals surface area contributed by atoms with E-state index in [1.54, 1.807) is 0 Å². The van der Waals surface area contributed by atoms with Crippen LogP contribution in [0.25, 0.3) is 0 Å². The Kier molecular flexibility index (Phi) is 5.12. The maximum atomic E-state index is 4.38. The molecular formula is C15H26N6. The van der Waals surface area contributed by atoms with E-state index in [0.29, 0.717) is 12.1 Å². The Hall–Kier alpha value is -1.69. The third kappa shape index (κ3) is 3.69. The van der Waals surface area contributed by atoms with Crippen molar-refractivity contribution in [1.82, 2.24) is 29.2 Å². The molecule has 0 radical (unpaired) electrons. The maximum absolute atomic E-state index is 4.38. The zero-order valence-electron chi connectivity index (χ0n) is 13.7. The molecule has 1 atom stereocenters. The molecular weight excluding hydrogens is 264 g/mol. The van der Waals surface area contributed by atoms with Crippen LogP contribution in [0.15, 0.2) is 18.7 Å². The molecule has 0 aromatic carbocycles. The lowest BCUT2D eigenvalue weighted by atomic mass is 10.2. The van der Waals surface area contributed by atoms with Gasteiger partial charge in [0.1, 0.15) is 18.0 Å². The second kappa shape index (κ2) is 6.85. The van der Waals surface area contributed by atoms with Gasteiger partial charge in [0, 0.05) is 37.4 Å². The zero-order valence-corrected chi connectivity index (χ0v) is 13.7. The van der Waals surface area contributed by atoms with Gasteiger partial charge in [0.15, 0.2) is 0 Å². The molecule has 2 heterocycles. The minimum atomic E-state index is 0.388. The number of hydrogen-bond acceptors (Lipinski definition) is 4. The van der Waals surface area contributed by atoms with Gasteiger partial charge in [0.2, 0.25) is 0 Å². The Labute approximate surface area is 126 Å². The van der Waals surface area contributed by atoms with Gasteiger partial charge in [0.25, 0.3) is 0 Å². The maximum Gasteiger partial charge on any atom is 0.147 e. The second-order valence-electron chi connectivity index (χ2n) is 5.86. The van der Waals surface area contributed by atoms with Gasteiger partial charge in [-0.3, -0.25) is 4.90 Å². The lowest BCUT2D eigenvalue weighted by Gasteiger charge is -2.25. The van der Waals surface area contributed by atoms with E-state index in [2.05, 4.69) is 70.2 Å². The van der Waals surface area contributed by atoms with Gasteiger partial charge >= 0.3 is 0 Å². The molecule has 6 heteroatoms. The Morgan fingerprint density at radius 3 is 2.67 bits per heavy atom. The van der Waals surface area contributed by atoms with Crippen LogP contribution in [0.4, 0.5) is 0 Å². The standard InChI is InChI=1S/C15H26N6/c1-6-14-16-7-8-20(14)9-13(4)19(5)10-15-18-17-11-21(15)12(2)3/h7-8,11-13H,6,9-10H2,1-5H3. The van der Waals surface area contributed by atoms with Gasteiger partial charge in [0.05, 0.1) is 6.54 Å². The highest BCUT2D eigenvalue weighted by atomic mass is 15.3. The molecule has 0 aliphatic carbocycles. The minimum Gasteiger partial charge on any atom is -0.333 e. The normalized spacial score (nSPS) is 13.3. The van der Waals surface area contributed by atoms with Crippen LogP contribution in [-0.2, 0) is 19.5 Å². The van der Waals surface area contributed by atoms with Crippen molar-refractivity contribution >= 4 is 0 Å². The predicted octanol–water partition coefficient (Wildman–Crippen LogP) is 2.14. The van der Waals surface area contributed by atoms with Crippen LogP contribution < -0.4 is 0 Å². The highest BCUT2D eigenvalue weighted by Crippen LogP contribution is 2.11. The summed E-state index contributed by atoms with van der Waals surface area (Å²) in [6.07, 6.45) is 6.70. The SMILES string of the molecule is CCc1nccn1CC(C)N(C)Cc1nncn1C(C)C. The average molecular weight is 290 g/mol. The van der Waals surface area contributed by atoms with Gasteiger partial charge in [-0.05, 0) is 27.8 Å². The summed E-state index contributed by atoms with van der Waals surface area (Å²) in [6.45, 7) is 10.4. The molecule has 0 saturated heterocycles. The molecule has 21 heavy (non-hydrogen) atoms. The van der Waals surface area contributed by atoms with E-state index in [1.165, 1.54) is 0 Å². The summed E-state index contributed by atoms with van der Waals surface area (Å²) in [5.74, 6) is 2.15. The smallest absolute Gasteiger partial charge is 0.147 e. The quantitative estimate of drug-likeness (QED) is 0.784. The first kappa shape index (κ1) is 15.7. The number of likely N-dealkylation sites (N-methyl/N-ethyl adjacent to an activating group) is 1. The molecule has 0 spiro atoms. The van der Waals surface area contributed by atoms with Crippen molar-refractivity contribution in [2.45, 2.75) is 59.3 Å². The molecule has 0 aliphatic rings. The monoisotopic (exact) mass is 290 g/mol. The Morgan fingerprint density at radius 1 is 1.24 bits per heavy atom. The fourth-order valence-corrected chi connectivity index (χ4v) is 2.43. The highest BCUT2D eigenvalue weighted by Gasteiger charge is 2.15. The largest absolute Gasteiger partial charge is 0.333 e. The molecule has 0 amide bonds. The second-order valence-corrected chi connectivity index (χ2v) is 5.86. The molecule has 0 bridgehead atoms. The number of imidazole rings is 1. The van der Waals surface area contributed by atoms with Crippen molar-refractivity contribution in [3.05, 3.63) is 30.4 Å². The van der Waals surface area contributed by atoms with E-state index >= 15 is 0 Å². The average Bonchev–Trinajstić information content (AvgIpc) is 3.07. The van der Waals surface area contributed by atoms with E-state index in [-0.39, 0.29) is 0 Å². The number of aromatic nitrogens is 5. The topological polar surface area (TPSA) is 51.8 Å². The summed E-state index contributed by atoms with van der Waals surface area (Å²) in [5, 5.41) is 8.27. The molecule has 0 N–H and O–H groups in total. The lowest BCUT2D eigenvalue weighted by molar-refractivity contribution is 0.216. The van der Waals surface area contributed by atoms with Gasteiger partial charge in [-0.25, -0.2) is 4.98 Å². The summed E-state index contributed by atoms with van der Waals surface area (Å²) < 4.78 is 4.35. The highest BCUT2D eigenvalue weighted by molar-refractivity contribution is 4.93. The first-order chi connectivity index (χ1) is 10.0. The first-order valence-corrected chi connectivity index (χ1v) is 7.61. The fraction of sp³-hybridized carbons (Fsp3) is 0.667. The van der Waals surface area contributed by atoms with Crippen LogP contribution in [0.5, 0.6) is 0 Å². The van der Waals surface area contributed by atoms with Crippen molar-refractivity contribution in [2.75, 3.05) is 7.05 Å². The molecule has 2 rings (SSSR count). The van der Waals surface area contributed by atoms with Crippen molar-refractivity contribution in [3.8, 4) is 0 Å². The van der Waals surface area contributed by atoms with Crippen molar-refractivity contribution in [1.29, 1.82) is 0 Å². The minimum absolute atomic E-state index is 0.388. The van der Waals surface area contributed by atoms with Gasteiger partial charge in [-0.2, -0.15) is 0 Å². The molecule has 0 fully saturated rings. The summed E-state index contributed by atoms with van der Waals surface area (Å²) in [5.41, 5.74) is 0. The number of aryl methyl sites for hydroxylation is 1. The van der Waals surface area contributed by atoms with Gasteiger partial charge < -0.3 is 9.13 Å². The predicted molar refractivity (Wildman–Crippen MR) is 82.9 cm³/mol. The third-order valence-corrected chi connectivity index (χ3v) is 3.93. The molecule has 2 aromatic rings. The van der Waals surface area contributed by atoms with E-state index < -0.39 is 0 Å². The molecule has 1 unspecified atom stereocenters. The molecule has 0 saturated carbocycles. The summed E-state index contributed by atoms with van der Waals surface area (Å²) in [4.78, 5) is 6.69. The fourth-order valence-electron chi connectivity index (χ4n) is 2.43. The summed E-state index contributed by atoms with van der Waals surface area (Å²) >= 11 is 0. The summed E-state index contributed by atoms with van der Waals surface area (Å²) in [7, 11) is 2.13. The number of nitrogens with zero attached hydrogens (tertiary/aromatic N) is 6. The number of hydrogen-bond donors (Lipinski definition) is 0. The molecule has 0 aliphatic heterocycles. The molecule has 116 valence electrons. The first-order valence-electron chi connectivity index (χ1n) is 7.61. The molecule has 2 aromatic heterocycles. The Bertz CT molecular complexity index is 556. The van der Waals surface area contributed by atoms with Crippen LogP contribution in [0.2, 0.25) is 0 Å². The van der Waals surface area contributed by atoms with E-state index in [9.17, 15) is 0 Å². The van der Waals surface area contributed by atoms with E-state index in [4.69, 9.17) is 0 Å². The van der Waals surface area contributed by atoms with Crippen molar-refractivity contribution in [2.24, 2.45) is 0 Å². The number of rotatable bonds is 7. The Balaban J connectivity index is 1.99. The van der Waals surface area contributed by atoms with Crippen LogP contribution in [0.1, 0.15) is 45.4 Å². The third-order valence-electron chi connectivity index (χ3n) is 3.93. The van der Waals surface area contributed by atoms with Gasteiger partial charge in [-0.15, -0.1) is 10.2 Å². The van der Waals surface area contributed by atoms with Crippen molar-refractivity contribution < 1.29 is 0 Å². The van der Waals surface area contributed by atoms with Crippen LogP contribution in [0, 0.1) is 0 Å². The van der Waals surface area contributed by atoms with E-state index in [1.807, 2.05) is 12.5 Å². The van der Waals surface area contributed by atoms with Crippen LogP contribution in [-0.4, -0.2) is 42.3 Å². The van der Waals surface area contributed by atoms with Gasteiger partial charge in [-0.1, -0.05) is 6.92 Å². The van der Waals surface area contributed by atoms with Crippen molar-refractivity contribution in [3.63, 3.8) is 0 Å². The lowest BCUT2D eigenvalue weighted by Crippen LogP contribution is -2.33.